The van der Waals surface area contributed by atoms with E-state index in [-0.39, 0.29) is 0 Å². The van der Waals surface area contributed by atoms with Gasteiger partial charge in [0.2, 0.25) is 0 Å². The zero-order valence-electron chi connectivity index (χ0n) is 14.7. The van der Waals surface area contributed by atoms with Crippen LogP contribution >= 0.6 is 0 Å². The SMILES string of the molecule is CC(C)=C(C)/C=C/c1c(C)c(C)c(C(C)C)c(C)c1C. The zero-order chi connectivity index (χ0) is 15.6. The van der Waals surface area contributed by atoms with Crippen molar-refractivity contribution < 1.29 is 0 Å². The van der Waals surface area contributed by atoms with Gasteiger partial charge in [0.25, 0.3) is 0 Å². The van der Waals surface area contributed by atoms with Gasteiger partial charge in [0.05, 0.1) is 0 Å². The smallest absolute Gasteiger partial charge is 0.0192 e. The second-order valence-corrected chi connectivity index (χ2v) is 6.50. The molecular weight excluding hydrogens is 240 g/mol. The molecule has 0 saturated heterocycles. The number of rotatable bonds is 3. The van der Waals surface area contributed by atoms with Crippen molar-refractivity contribution in [3.05, 3.63) is 50.6 Å². The van der Waals surface area contributed by atoms with E-state index in [2.05, 4.69) is 74.5 Å². The van der Waals surface area contributed by atoms with E-state index in [9.17, 15) is 0 Å². The molecule has 0 heterocycles. The zero-order valence-corrected chi connectivity index (χ0v) is 14.7. The van der Waals surface area contributed by atoms with Crippen molar-refractivity contribution in [3.8, 4) is 0 Å². The van der Waals surface area contributed by atoms with E-state index < -0.39 is 0 Å². The average molecular weight is 270 g/mol. The van der Waals surface area contributed by atoms with Gasteiger partial charge in [-0.2, -0.15) is 0 Å². The van der Waals surface area contributed by atoms with Gasteiger partial charge in [-0.15, -0.1) is 0 Å². The Morgan fingerprint density at radius 2 is 1.25 bits per heavy atom. The molecule has 0 amide bonds. The topological polar surface area (TPSA) is 0 Å². The van der Waals surface area contributed by atoms with Gasteiger partial charge in [0.1, 0.15) is 0 Å². The van der Waals surface area contributed by atoms with Gasteiger partial charge >= 0.3 is 0 Å². The lowest BCUT2D eigenvalue weighted by Gasteiger charge is -2.21. The lowest BCUT2D eigenvalue weighted by molar-refractivity contribution is 0.839. The third kappa shape index (κ3) is 3.23. The van der Waals surface area contributed by atoms with Crippen LogP contribution in [-0.2, 0) is 0 Å². The van der Waals surface area contributed by atoms with Crippen LogP contribution in [0.5, 0.6) is 0 Å². The van der Waals surface area contributed by atoms with Crippen molar-refractivity contribution in [2.75, 3.05) is 0 Å². The molecule has 1 rings (SSSR count). The Balaban J connectivity index is 3.49. The number of hydrogen-bond donors (Lipinski definition) is 0. The molecule has 0 aliphatic heterocycles. The Kier molecular flexibility index (Phi) is 5.39. The highest BCUT2D eigenvalue weighted by Crippen LogP contribution is 2.32. The van der Waals surface area contributed by atoms with Crippen molar-refractivity contribution in [1.29, 1.82) is 0 Å². The van der Waals surface area contributed by atoms with E-state index in [1.165, 1.54) is 44.5 Å². The first-order chi connectivity index (χ1) is 9.18. The maximum Gasteiger partial charge on any atom is -0.0192 e. The Hall–Kier alpha value is -1.30. The maximum absolute atomic E-state index is 2.29. The quantitative estimate of drug-likeness (QED) is 0.556. The van der Waals surface area contributed by atoms with Crippen LogP contribution in [0, 0.1) is 27.7 Å². The molecule has 0 heteroatoms. The summed E-state index contributed by atoms with van der Waals surface area (Å²) in [5.41, 5.74) is 11.4. The van der Waals surface area contributed by atoms with Gasteiger partial charge in [0, 0.05) is 0 Å². The minimum Gasteiger partial charge on any atom is -0.0735 e. The van der Waals surface area contributed by atoms with Gasteiger partial charge in [-0.05, 0) is 87.8 Å². The molecule has 0 aliphatic rings. The fraction of sp³-hybridized carbons (Fsp3) is 0.500. The van der Waals surface area contributed by atoms with Crippen molar-refractivity contribution in [1.82, 2.24) is 0 Å². The second kappa shape index (κ2) is 6.43. The minimum atomic E-state index is 0.588. The Morgan fingerprint density at radius 1 is 0.800 bits per heavy atom. The summed E-state index contributed by atoms with van der Waals surface area (Å²) in [5, 5.41) is 0. The summed E-state index contributed by atoms with van der Waals surface area (Å²) in [6, 6.07) is 0. The van der Waals surface area contributed by atoms with E-state index in [1.54, 1.807) is 0 Å². The molecule has 0 unspecified atom stereocenters. The molecule has 0 aliphatic carbocycles. The first-order valence-corrected chi connectivity index (χ1v) is 7.60. The summed E-state index contributed by atoms with van der Waals surface area (Å²) >= 11 is 0. The van der Waals surface area contributed by atoms with Crippen LogP contribution in [0.4, 0.5) is 0 Å². The van der Waals surface area contributed by atoms with Crippen LogP contribution in [-0.4, -0.2) is 0 Å². The van der Waals surface area contributed by atoms with Crippen LogP contribution in [0.1, 0.15) is 73.9 Å². The highest BCUT2D eigenvalue weighted by molar-refractivity contribution is 5.65. The summed E-state index contributed by atoms with van der Waals surface area (Å²) in [7, 11) is 0. The molecule has 0 atom stereocenters. The van der Waals surface area contributed by atoms with Gasteiger partial charge in [0.15, 0.2) is 0 Å². The first kappa shape index (κ1) is 16.8. The average Bonchev–Trinajstić information content (AvgIpc) is 2.35. The third-order valence-electron chi connectivity index (χ3n) is 4.61. The summed E-state index contributed by atoms with van der Waals surface area (Å²) in [6.45, 7) is 20.1. The summed E-state index contributed by atoms with van der Waals surface area (Å²) in [5.74, 6) is 0.588. The highest BCUT2D eigenvalue weighted by atomic mass is 14.2. The third-order valence-corrected chi connectivity index (χ3v) is 4.61. The molecule has 0 saturated carbocycles. The van der Waals surface area contributed by atoms with Gasteiger partial charge in [-0.3, -0.25) is 0 Å². The molecular formula is C20H30. The van der Waals surface area contributed by atoms with Gasteiger partial charge in [-0.25, -0.2) is 0 Å². The molecule has 20 heavy (non-hydrogen) atoms. The van der Waals surface area contributed by atoms with E-state index in [0.29, 0.717) is 5.92 Å². The molecule has 1 aromatic rings. The van der Waals surface area contributed by atoms with Crippen LogP contribution in [0.25, 0.3) is 6.08 Å². The minimum absolute atomic E-state index is 0.588. The molecule has 0 nitrogen and oxygen atoms in total. The van der Waals surface area contributed by atoms with E-state index >= 15 is 0 Å². The molecule has 0 aromatic heterocycles. The maximum atomic E-state index is 2.29. The standard InChI is InChI=1S/C20H30/c1-12(2)14(5)10-11-19-15(6)17(8)20(13(3)4)18(9)16(19)7/h10-11,13H,1-9H3/b11-10+. The molecule has 0 bridgehead atoms. The number of hydrogen-bond acceptors (Lipinski definition) is 0. The van der Waals surface area contributed by atoms with Crippen molar-refractivity contribution in [2.45, 2.75) is 68.2 Å². The normalized spacial score (nSPS) is 11.5. The fourth-order valence-corrected chi connectivity index (χ4v) is 2.86. The van der Waals surface area contributed by atoms with Gasteiger partial charge in [-0.1, -0.05) is 37.1 Å². The van der Waals surface area contributed by atoms with Crippen LogP contribution in [0.15, 0.2) is 17.2 Å². The molecule has 0 radical (unpaired) electrons. The van der Waals surface area contributed by atoms with Crippen LogP contribution in [0.2, 0.25) is 0 Å². The number of benzene rings is 1. The summed E-state index contributed by atoms with van der Waals surface area (Å²) in [4.78, 5) is 0. The van der Waals surface area contributed by atoms with E-state index in [0.717, 1.165) is 0 Å². The first-order valence-electron chi connectivity index (χ1n) is 7.60. The van der Waals surface area contributed by atoms with Crippen LogP contribution < -0.4 is 0 Å². The summed E-state index contributed by atoms with van der Waals surface area (Å²) in [6.07, 6.45) is 4.54. The largest absolute Gasteiger partial charge is 0.0735 e. The molecule has 1 aromatic carbocycles. The molecule has 0 N–H and O–H groups in total. The number of allylic oxidation sites excluding steroid dienone is 3. The van der Waals surface area contributed by atoms with Crippen molar-refractivity contribution in [3.63, 3.8) is 0 Å². The monoisotopic (exact) mass is 270 g/mol. The van der Waals surface area contributed by atoms with Crippen molar-refractivity contribution >= 4 is 6.08 Å². The Bertz CT molecular complexity index is 533. The fourth-order valence-electron chi connectivity index (χ4n) is 2.86. The lowest BCUT2D eigenvalue weighted by Crippen LogP contribution is -2.04. The summed E-state index contributed by atoms with van der Waals surface area (Å²) < 4.78 is 0. The van der Waals surface area contributed by atoms with E-state index in [4.69, 9.17) is 0 Å². The van der Waals surface area contributed by atoms with Crippen molar-refractivity contribution in [2.24, 2.45) is 0 Å². The molecule has 0 spiro atoms. The van der Waals surface area contributed by atoms with Crippen LogP contribution in [0.3, 0.4) is 0 Å². The highest BCUT2D eigenvalue weighted by Gasteiger charge is 2.15. The molecule has 0 fully saturated rings. The van der Waals surface area contributed by atoms with Gasteiger partial charge < -0.3 is 0 Å². The predicted molar refractivity (Wildman–Crippen MR) is 92.6 cm³/mol. The predicted octanol–water partition coefficient (Wildman–Crippen LogP) is 6.41. The lowest BCUT2D eigenvalue weighted by atomic mass is 9.84. The molecule has 110 valence electrons. The Morgan fingerprint density at radius 3 is 1.60 bits per heavy atom. The Labute approximate surface area is 125 Å². The second-order valence-electron chi connectivity index (χ2n) is 6.50. The van der Waals surface area contributed by atoms with E-state index in [1.807, 2.05) is 0 Å².